The van der Waals surface area contributed by atoms with Crippen LogP contribution >= 0.6 is 0 Å². The smallest absolute Gasteiger partial charge is 0.274 e. The lowest BCUT2D eigenvalue weighted by molar-refractivity contribution is -0.136. The van der Waals surface area contributed by atoms with Crippen LogP contribution in [0.1, 0.15) is 23.3 Å². The number of hydrogen-bond acceptors (Lipinski definition) is 5. The molecule has 2 atom stereocenters. The highest BCUT2D eigenvalue weighted by Crippen LogP contribution is 2.45. The number of aromatic nitrogens is 3. The van der Waals surface area contributed by atoms with Crippen LogP contribution in [0.2, 0.25) is 0 Å². The van der Waals surface area contributed by atoms with E-state index in [9.17, 15) is 9.59 Å². The minimum absolute atomic E-state index is 0.0645. The third-order valence-corrected chi connectivity index (χ3v) is 5.43. The molecular weight excluding hydrogens is 322 g/mol. The van der Waals surface area contributed by atoms with Gasteiger partial charge in [-0.15, -0.1) is 5.10 Å². The van der Waals surface area contributed by atoms with Crippen molar-refractivity contribution in [2.45, 2.75) is 24.6 Å². The standard InChI is InChI=1S/C17H17N5O3/c23-15-10-14-17(21(15)8-9-25-17)6-7-20(14)16(24)13-11-18-19-22(13)12-4-2-1-3-5-12/h1-5,11,14H,6-10H2/t14-,17+/m1/s1. The Labute approximate surface area is 144 Å². The first kappa shape index (κ1) is 14.6. The van der Waals surface area contributed by atoms with Gasteiger partial charge in [-0.2, -0.15) is 0 Å². The molecule has 1 aromatic heterocycles. The average molecular weight is 339 g/mol. The zero-order valence-corrected chi connectivity index (χ0v) is 13.5. The van der Waals surface area contributed by atoms with Gasteiger partial charge in [0.2, 0.25) is 5.91 Å². The van der Waals surface area contributed by atoms with E-state index in [1.54, 1.807) is 9.80 Å². The largest absolute Gasteiger partial charge is 0.351 e. The van der Waals surface area contributed by atoms with E-state index in [1.807, 2.05) is 30.3 Å². The number of amides is 2. The van der Waals surface area contributed by atoms with E-state index in [4.69, 9.17) is 4.74 Å². The molecule has 3 aliphatic rings. The minimum Gasteiger partial charge on any atom is -0.351 e. The van der Waals surface area contributed by atoms with E-state index in [2.05, 4.69) is 10.3 Å². The molecule has 8 nitrogen and oxygen atoms in total. The van der Waals surface area contributed by atoms with Gasteiger partial charge in [0.1, 0.15) is 0 Å². The Hall–Kier alpha value is -2.74. The van der Waals surface area contributed by atoms with Crippen LogP contribution < -0.4 is 0 Å². The molecule has 0 N–H and O–H groups in total. The number of ether oxygens (including phenoxy) is 1. The summed E-state index contributed by atoms with van der Waals surface area (Å²) < 4.78 is 7.48. The van der Waals surface area contributed by atoms with Crippen molar-refractivity contribution in [3.63, 3.8) is 0 Å². The van der Waals surface area contributed by atoms with Gasteiger partial charge in [-0.05, 0) is 12.1 Å². The van der Waals surface area contributed by atoms with Crippen LogP contribution in [0.15, 0.2) is 36.5 Å². The van der Waals surface area contributed by atoms with Crippen molar-refractivity contribution >= 4 is 11.8 Å². The van der Waals surface area contributed by atoms with E-state index in [0.29, 0.717) is 38.2 Å². The first-order chi connectivity index (χ1) is 12.2. The van der Waals surface area contributed by atoms with E-state index in [1.165, 1.54) is 10.9 Å². The Bertz CT molecular complexity index is 851. The summed E-state index contributed by atoms with van der Waals surface area (Å²) in [5.74, 6) is -0.101. The van der Waals surface area contributed by atoms with Crippen molar-refractivity contribution in [1.29, 1.82) is 0 Å². The Morgan fingerprint density at radius 1 is 1.24 bits per heavy atom. The number of likely N-dealkylation sites (tertiary alicyclic amines) is 1. The van der Waals surface area contributed by atoms with Gasteiger partial charge in [-0.3, -0.25) is 9.59 Å². The molecule has 128 valence electrons. The highest BCUT2D eigenvalue weighted by atomic mass is 16.5. The Morgan fingerprint density at radius 2 is 2.08 bits per heavy atom. The van der Waals surface area contributed by atoms with Crippen LogP contribution in [-0.4, -0.2) is 68.1 Å². The van der Waals surface area contributed by atoms with Crippen LogP contribution in [0.25, 0.3) is 5.69 Å². The fourth-order valence-electron chi connectivity index (χ4n) is 4.32. The monoisotopic (exact) mass is 339 g/mol. The molecule has 0 aliphatic carbocycles. The molecule has 5 rings (SSSR count). The maximum absolute atomic E-state index is 13.2. The molecule has 3 saturated heterocycles. The van der Waals surface area contributed by atoms with Crippen molar-refractivity contribution in [1.82, 2.24) is 24.8 Å². The Kier molecular flexibility index (Phi) is 2.99. The third-order valence-electron chi connectivity index (χ3n) is 5.43. The van der Waals surface area contributed by atoms with Crippen LogP contribution in [0, 0.1) is 0 Å². The van der Waals surface area contributed by atoms with E-state index in [0.717, 1.165) is 5.69 Å². The number of carbonyl (C=O) groups is 2. The second-order valence-corrected chi connectivity index (χ2v) is 6.57. The lowest BCUT2D eigenvalue weighted by Crippen LogP contribution is -2.49. The number of nitrogens with zero attached hydrogens (tertiary/aromatic N) is 5. The lowest BCUT2D eigenvalue weighted by Gasteiger charge is -2.31. The van der Waals surface area contributed by atoms with Crippen molar-refractivity contribution < 1.29 is 14.3 Å². The van der Waals surface area contributed by atoms with Crippen LogP contribution in [0.3, 0.4) is 0 Å². The van der Waals surface area contributed by atoms with E-state index in [-0.39, 0.29) is 17.9 Å². The maximum Gasteiger partial charge on any atom is 0.274 e. The predicted molar refractivity (Wildman–Crippen MR) is 85.8 cm³/mol. The topological polar surface area (TPSA) is 80.6 Å². The second kappa shape index (κ2) is 5.13. The van der Waals surface area contributed by atoms with Crippen molar-refractivity contribution in [3.8, 4) is 5.69 Å². The molecule has 2 aromatic rings. The highest BCUT2D eigenvalue weighted by Gasteiger charge is 2.63. The molecule has 2 amide bonds. The molecular formula is C17H17N5O3. The molecule has 0 saturated carbocycles. The first-order valence-electron chi connectivity index (χ1n) is 8.42. The zero-order chi connectivity index (χ0) is 17.0. The van der Waals surface area contributed by atoms with Gasteiger partial charge < -0.3 is 14.5 Å². The van der Waals surface area contributed by atoms with Gasteiger partial charge in [-0.1, -0.05) is 23.4 Å². The molecule has 4 heterocycles. The predicted octanol–water partition coefficient (Wildman–Crippen LogP) is 0.441. The van der Waals surface area contributed by atoms with Crippen LogP contribution in [0.5, 0.6) is 0 Å². The maximum atomic E-state index is 13.2. The number of rotatable bonds is 2. The van der Waals surface area contributed by atoms with Gasteiger partial charge in [0, 0.05) is 19.5 Å². The summed E-state index contributed by atoms with van der Waals surface area (Å²) in [4.78, 5) is 29.0. The fraction of sp³-hybridized carbons (Fsp3) is 0.412. The minimum atomic E-state index is -0.627. The van der Waals surface area contributed by atoms with Gasteiger partial charge in [0.15, 0.2) is 11.4 Å². The SMILES string of the molecule is O=C(c1cnnn1-c1ccccc1)N1CC[C@@]23OCCN2C(=O)C[C@@H]13. The van der Waals surface area contributed by atoms with Gasteiger partial charge in [0.25, 0.3) is 5.91 Å². The van der Waals surface area contributed by atoms with Crippen molar-refractivity contribution in [2.24, 2.45) is 0 Å². The second-order valence-electron chi connectivity index (χ2n) is 6.57. The summed E-state index contributed by atoms with van der Waals surface area (Å²) >= 11 is 0. The van der Waals surface area contributed by atoms with Crippen molar-refractivity contribution in [2.75, 3.05) is 19.7 Å². The molecule has 1 spiro atoms. The summed E-state index contributed by atoms with van der Waals surface area (Å²) in [6, 6.07) is 9.18. The van der Waals surface area contributed by atoms with Gasteiger partial charge >= 0.3 is 0 Å². The number of para-hydroxylation sites is 1. The summed E-state index contributed by atoms with van der Waals surface area (Å²) in [7, 11) is 0. The van der Waals surface area contributed by atoms with Crippen molar-refractivity contribution in [3.05, 3.63) is 42.2 Å². The molecule has 0 unspecified atom stereocenters. The summed E-state index contributed by atoms with van der Waals surface area (Å²) in [6.07, 6.45) is 2.45. The summed E-state index contributed by atoms with van der Waals surface area (Å²) in [5, 5.41) is 7.97. The first-order valence-corrected chi connectivity index (χ1v) is 8.42. The van der Waals surface area contributed by atoms with Crippen LogP contribution in [-0.2, 0) is 9.53 Å². The zero-order valence-electron chi connectivity index (χ0n) is 13.5. The summed E-state index contributed by atoms with van der Waals surface area (Å²) in [6.45, 7) is 1.71. The van der Waals surface area contributed by atoms with E-state index < -0.39 is 5.72 Å². The molecule has 8 heteroatoms. The van der Waals surface area contributed by atoms with E-state index >= 15 is 0 Å². The molecule has 3 fully saturated rings. The van der Waals surface area contributed by atoms with Gasteiger partial charge in [-0.25, -0.2) is 4.68 Å². The average Bonchev–Trinajstić information content (AvgIpc) is 3.38. The Balaban J connectivity index is 1.49. The molecule has 25 heavy (non-hydrogen) atoms. The molecule has 0 bridgehead atoms. The summed E-state index contributed by atoms with van der Waals surface area (Å²) in [5.41, 5.74) is 0.545. The Morgan fingerprint density at radius 3 is 2.92 bits per heavy atom. The highest BCUT2D eigenvalue weighted by molar-refractivity contribution is 5.94. The fourth-order valence-corrected chi connectivity index (χ4v) is 4.32. The number of benzene rings is 1. The lowest BCUT2D eigenvalue weighted by atomic mass is 10.1. The molecule has 0 radical (unpaired) electrons. The number of hydrogen-bond donors (Lipinski definition) is 0. The quantitative estimate of drug-likeness (QED) is 0.793. The normalized spacial score (nSPS) is 27.7. The van der Waals surface area contributed by atoms with Crippen LogP contribution in [0.4, 0.5) is 0 Å². The number of carbonyl (C=O) groups excluding carboxylic acids is 2. The van der Waals surface area contributed by atoms with Gasteiger partial charge in [0.05, 0.1) is 31.0 Å². The molecule has 1 aromatic carbocycles. The molecule has 3 aliphatic heterocycles. The third kappa shape index (κ3) is 1.91.